The van der Waals surface area contributed by atoms with Gasteiger partial charge in [0.2, 0.25) is 0 Å². The summed E-state index contributed by atoms with van der Waals surface area (Å²) in [5, 5.41) is 0. The molecular weight excluding hydrogens is 110 g/mol. The van der Waals surface area contributed by atoms with E-state index in [1.54, 1.807) is 0 Å². The molecule has 0 aliphatic rings. The van der Waals surface area contributed by atoms with Gasteiger partial charge >= 0.3 is 46.9 Å². The van der Waals surface area contributed by atoms with Crippen LogP contribution in [0.25, 0.3) is 0 Å². The summed E-state index contributed by atoms with van der Waals surface area (Å²) in [7, 11) is 0. The van der Waals surface area contributed by atoms with Gasteiger partial charge in [0.05, 0.1) is 0 Å². The Morgan fingerprint density at radius 1 is 0.857 bits per heavy atom. The molecule has 0 aliphatic carbocycles. The molecule has 0 aromatic rings. The van der Waals surface area contributed by atoms with Gasteiger partial charge in [0, 0.05) is 0 Å². The van der Waals surface area contributed by atoms with E-state index in [0.29, 0.717) is 0 Å². The third kappa shape index (κ3) is 154. The predicted octanol–water partition coefficient (Wildman–Crippen LogP) is -1.82. The Balaban J connectivity index is -0.000000000500. The first-order valence-electron chi connectivity index (χ1n) is 0.289. The molecule has 0 aliphatic heterocycles. The van der Waals surface area contributed by atoms with Crippen molar-refractivity contribution in [3.63, 3.8) is 0 Å². The molecule has 0 amide bonds. The Morgan fingerprint density at radius 3 is 0.857 bits per heavy atom. The van der Waals surface area contributed by atoms with E-state index < -0.39 is 0 Å². The van der Waals surface area contributed by atoms with Gasteiger partial charge in [-0.25, -0.2) is 0 Å². The van der Waals surface area contributed by atoms with Gasteiger partial charge < -0.3 is 35.1 Å². The van der Waals surface area contributed by atoms with Crippen molar-refractivity contribution in [2.75, 3.05) is 0 Å². The van der Waals surface area contributed by atoms with Crippen molar-refractivity contribution in [1.29, 1.82) is 0 Å². The quantitative estimate of drug-likeness (QED) is 0.200. The van der Waals surface area contributed by atoms with Gasteiger partial charge in [-0.2, -0.15) is 0 Å². The maximum Gasteiger partial charge on any atom is 3.00 e. The minimum absolute atomic E-state index is 0. The van der Waals surface area contributed by atoms with Gasteiger partial charge in [0.25, 0.3) is 0 Å². The summed E-state index contributed by atoms with van der Waals surface area (Å²) in [5.74, 6) is 0. The second-order valence-corrected chi connectivity index (χ2v) is 0. The molecule has 0 aromatic carbocycles. The minimum Gasteiger partial charge on any atom is -0.697 e. The van der Waals surface area contributed by atoms with Crippen LogP contribution in [0.2, 0.25) is 0 Å². The smallest absolute Gasteiger partial charge is 0.697 e. The molecule has 0 saturated carbocycles. The summed E-state index contributed by atoms with van der Waals surface area (Å²) in [5.41, 5.74) is 0. The predicted molar refractivity (Wildman–Crippen MR) is 33.2 cm³/mol. The first-order valence-corrected chi connectivity index (χ1v) is 0.289. The van der Waals surface area contributed by atoms with E-state index in [0.717, 1.165) is 0 Å². The molecule has 0 bridgehead atoms. The molecule has 34 valence electrons. The third-order valence-corrected chi connectivity index (χ3v) is 0. The zero-order valence-electron chi connectivity index (χ0n) is 5.65. The van der Waals surface area contributed by atoms with E-state index in [2.05, 4.69) is 6.42 Å². The summed E-state index contributed by atoms with van der Waals surface area (Å²) < 4.78 is 0. The molecule has 0 fully saturated rings. The van der Waals surface area contributed by atoms with E-state index >= 15 is 0 Å². The van der Waals surface area contributed by atoms with Crippen molar-refractivity contribution in [2.24, 2.45) is 0 Å². The monoisotopic (exact) mass is 120 g/mol. The molecule has 0 radical (unpaired) electrons. The molecule has 2 heteroatoms. The molecule has 0 N–H and O–H groups in total. The van der Waals surface area contributed by atoms with Crippen molar-refractivity contribution in [3.8, 4) is 6.42 Å². The molecule has 7 heavy (non-hydrogen) atoms. The third-order valence-electron chi connectivity index (χ3n) is 0. The van der Waals surface area contributed by atoms with Crippen LogP contribution in [-0.2, 0) is 0 Å². The molecule has 0 unspecified atom stereocenters. The van der Waals surface area contributed by atoms with Crippen molar-refractivity contribution >= 4 is 17.4 Å². The molecular formula is C5H10AlNa. The Morgan fingerprint density at radius 2 is 0.857 bits per heavy atom. The largest absolute Gasteiger partial charge is 3.00 e. The number of hydrogen-bond acceptors (Lipinski definition) is 0. The van der Waals surface area contributed by atoms with Crippen LogP contribution >= 0.6 is 0 Å². The Hall–Kier alpha value is 1.09. The fourth-order valence-electron chi connectivity index (χ4n) is 0. The molecule has 0 atom stereocenters. The second-order valence-electron chi connectivity index (χ2n) is 0. The SMILES string of the molecule is [Al+3].[C-]#C.[CH3-].[CH3-].[CH3-].[Na+]. The summed E-state index contributed by atoms with van der Waals surface area (Å²) >= 11 is 0. The maximum absolute atomic E-state index is 5.25. The fraction of sp³-hybridized carbons (Fsp3) is 0. The van der Waals surface area contributed by atoms with E-state index in [1.165, 1.54) is 0 Å². The summed E-state index contributed by atoms with van der Waals surface area (Å²) in [4.78, 5) is 0. The standard InChI is InChI=1S/C2H.3CH3.Al.Na/c1-2;;;;;/h1H;3*1H3;;/q4*-1;+3;+1. The number of terminal acetylenes is 1. The van der Waals surface area contributed by atoms with Crippen molar-refractivity contribution < 1.29 is 29.6 Å². The van der Waals surface area contributed by atoms with Gasteiger partial charge in [-0.1, -0.05) is 0 Å². The summed E-state index contributed by atoms with van der Waals surface area (Å²) in [6.45, 7) is 0. The zero-order valence-corrected chi connectivity index (χ0v) is 8.81. The molecule has 0 saturated heterocycles. The van der Waals surface area contributed by atoms with Crippen LogP contribution in [0.3, 0.4) is 0 Å². The average molecular weight is 120 g/mol. The Labute approximate surface area is 81.5 Å². The van der Waals surface area contributed by atoms with E-state index in [1.807, 2.05) is 0 Å². The summed E-state index contributed by atoms with van der Waals surface area (Å²) in [6, 6.07) is 0. The summed E-state index contributed by atoms with van der Waals surface area (Å²) in [6.07, 6.45) is 9.00. The van der Waals surface area contributed by atoms with Crippen LogP contribution in [0.5, 0.6) is 0 Å². The van der Waals surface area contributed by atoms with Crippen LogP contribution in [0.4, 0.5) is 0 Å². The fourth-order valence-corrected chi connectivity index (χ4v) is 0. The van der Waals surface area contributed by atoms with Crippen molar-refractivity contribution in [2.45, 2.75) is 0 Å². The van der Waals surface area contributed by atoms with Gasteiger partial charge in [-0.15, -0.1) is 0 Å². The second kappa shape index (κ2) is 221. The van der Waals surface area contributed by atoms with Gasteiger partial charge in [0.15, 0.2) is 0 Å². The van der Waals surface area contributed by atoms with Crippen LogP contribution in [-0.4, -0.2) is 17.4 Å². The number of rotatable bonds is 0. The van der Waals surface area contributed by atoms with Gasteiger partial charge in [-0.05, 0) is 0 Å². The molecule has 0 spiro atoms. The van der Waals surface area contributed by atoms with E-state index in [4.69, 9.17) is 6.42 Å². The van der Waals surface area contributed by atoms with Crippen LogP contribution in [0.15, 0.2) is 0 Å². The molecule has 0 heterocycles. The van der Waals surface area contributed by atoms with Crippen molar-refractivity contribution in [3.05, 3.63) is 28.7 Å². The maximum atomic E-state index is 5.25. The van der Waals surface area contributed by atoms with Crippen LogP contribution < -0.4 is 29.6 Å². The molecule has 0 nitrogen and oxygen atoms in total. The zero-order chi connectivity index (χ0) is 2.00. The molecule has 0 aromatic heterocycles. The Kier molecular flexibility index (Phi) is 2930. The first-order chi connectivity index (χ1) is 1.00. The normalized spacial score (nSPS) is 0.286. The van der Waals surface area contributed by atoms with Crippen LogP contribution in [0, 0.1) is 35.1 Å². The van der Waals surface area contributed by atoms with E-state index in [-0.39, 0.29) is 69.2 Å². The molecule has 0 rings (SSSR count). The van der Waals surface area contributed by atoms with Crippen LogP contribution in [0.1, 0.15) is 0 Å². The van der Waals surface area contributed by atoms with Gasteiger partial charge in [-0.3, -0.25) is 0 Å². The van der Waals surface area contributed by atoms with Gasteiger partial charge in [0.1, 0.15) is 0 Å². The number of hydrogen-bond donors (Lipinski definition) is 0. The average Bonchev–Trinajstić information content (AvgIpc) is 1.00. The Bertz CT molecular complexity index is 12.8. The topological polar surface area (TPSA) is 0 Å². The van der Waals surface area contributed by atoms with Crippen molar-refractivity contribution in [1.82, 2.24) is 0 Å². The minimum atomic E-state index is 0. The van der Waals surface area contributed by atoms with E-state index in [9.17, 15) is 0 Å². The first kappa shape index (κ1) is 93.0.